The van der Waals surface area contributed by atoms with Crippen LogP contribution in [-0.2, 0) is 20.0 Å². The van der Waals surface area contributed by atoms with Crippen LogP contribution < -0.4 is 15.6 Å². The summed E-state index contributed by atoms with van der Waals surface area (Å²) in [4.78, 5) is -0.315. The summed E-state index contributed by atoms with van der Waals surface area (Å²) in [5, 5.41) is 5.15. The molecular formula is C18H17N3O4S2. The minimum atomic E-state index is -4.08. The van der Waals surface area contributed by atoms with Crippen molar-refractivity contribution >= 4 is 31.4 Å². The average molecular weight is 403 g/mol. The van der Waals surface area contributed by atoms with Crippen LogP contribution in [0.15, 0.2) is 82.6 Å². The highest BCUT2D eigenvalue weighted by Crippen LogP contribution is 2.26. The zero-order valence-electron chi connectivity index (χ0n) is 14.0. The second kappa shape index (κ2) is 7.03. The van der Waals surface area contributed by atoms with Gasteiger partial charge in [-0.25, -0.2) is 22.0 Å². The molecule has 0 aromatic heterocycles. The Morgan fingerprint density at radius 1 is 0.741 bits per heavy atom. The Labute approximate surface area is 157 Å². The van der Waals surface area contributed by atoms with Crippen molar-refractivity contribution in [3.8, 4) is 11.1 Å². The molecule has 9 heteroatoms. The second-order valence-corrected chi connectivity index (χ2v) is 9.01. The lowest BCUT2D eigenvalue weighted by Crippen LogP contribution is -2.18. The maximum Gasteiger partial charge on any atom is 0.261 e. The molecule has 0 fully saturated rings. The molecule has 5 N–H and O–H groups in total. The number of para-hydroxylation sites is 1. The van der Waals surface area contributed by atoms with Gasteiger partial charge in [-0.05, 0) is 47.5 Å². The average Bonchev–Trinajstić information content (AvgIpc) is 2.62. The largest absolute Gasteiger partial charge is 0.399 e. The van der Waals surface area contributed by atoms with E-state index in [0.717, 1.165) is 5.56 Å². The van der Waals surface area contributed by atoms with Gasteiger partial charge in [0.25, 0.3) is 10.0 Å². The number of rotatable bonds is 5. The molecule has 27 heavy (non-hydrogen) atoms. The quantitative estimate of drug-likeness (QED) is 0.563. The number of benzene rings is 3. The first-order chi connectivity index (χ1) is 12.7. The molecule has 0 radical (unpaired) electrons. The molecule has 3 rings (SSSR count). The van der Waals surface area contributed by atoms with Crippen LogP contribution in [0.5, 0.6) is 0 Å². The predicted octanol–water partition coefficient (Wildman–Crippen LogP) is 2.38. The van der Waals surface area contributed by atoms with Crippen molar-refractivity contribution < 1.29 is 16.8 Å². The molecular weight excluding hydrogens is 386 g/mol. The van der Waals surface area contributed by atoms with Crippen molar-refractivity contribution in [1.82, 2.24) is 0 Å². The van der Waals surface area contributed by atoms with Gasteiger partial charge in [-0.2, -0.15) is 0 Å². The smallest absolute Gasteiger partial charge is 0.261 e. The van der Waals surface area contributed by atoms with Gasteiger partial charge in [0.2, 0.25) is 10.0 Å². The van der Waals surface area contributed by atoms with E-state index in [1.54, 1.807) is 36.4 Å². The summed E-state index contributed by atoms with van der Waals surface area (Å²) in [5.41, 5.74) is 7.64. The third-order valence-corrected chi connectivity index (χ3v) is 6.16. The molecule has 0 unspecified atom stereocenters. The van der Waals surface area contributed by atoms with Gasteiger partial charge in [0.15, 0.2) is 0 Å². The Kier molecular flexibility index (Phi) is 4.92. The summed E-state index contributed by atoms with van der Waals surface area (Å²) in [6.45, 7) is 0. The summed E-state index contributed by atoms with van der Waals surface area (Å²) >= 11 is 0. The number of sulfonamides is 2. The van der Waals surface area contributed by atoms with E-state index in [0.29, 0.717) is 11.3 Å². The summed E-state index contributed by atoms with van der Waals surface area (Å²) in [5.74, 6) is 0. The fourth-order valence-corrected chi connectivity index (χ4v) is 4.40. The van der Waals surface area contributed by atoms with Crippen LogP contribution in [0.1, 0.15) is 0 Å². The molecule has 0 amide bonds. The maximum absolute atomic E-state index is 12.8. The fraction of sp³-hybridized carbons (Fsp3) is 0. The number of hydrogen-bond acceptors (Lipinski definition) is 5. The van der Waals surface area contributed by atoms with E-state index in [1.807, 2.05) is 0 Å². The first kappa shape index (κ1) is 18.9. The number of nitrogens with one attached hydrogen (secondary N) is 1. The van der Waals surface area contributed by atoms with E-state index < -0.39 is 20.0 Å². The van der Waals surface area contributed by atoms with Crippen LogP contribution in [0.3, 0.4) is 0 Å². The lowest BCUT2D eigenvalue weighted by atomic mass is 10.1. The van der Waals surface area contributed by atoms with Gasteiger partial charge in [0.1, 0.15) is 4.90 Å². The highest BCUT2D eigenvalue weighted by molar-refractivity contribution is 7.93. The highest BCUT2D eigenvalue weighted by Gasteiger charge is 2.20. The molecule has 0 aliphatic heterocycles. The van der Waals surface area contributed by atoms with Crippen LogP contribution in [0, 0.1) is 0 Å². The third-order valence-electron chi connectivity index (χ3n) is 3.83. The number of hydrogen-bond donors (Lipinski definition) is 3. The second-order valence-electron chi connectivity index (χ2n) is 5.80. The molecule has 3 aromatic rings. The van der Waals surface area contributed by atoms with Crippen LogP contribution >= 0.6 is 0 Å². The van der Waals surface area contributed by atoms with Gasteiger partial charge in [-0.1, -0.05) is 36.4 Å². The molecule has 0 bridgehead atoms. The van der Waals surface area contributed by atoms with Crippen LogP contribution in [-0.4, -0.2) is 16.8 Å². The van der Waals surface area contributed by atoms with Gasteiger partial charge in [0, 0.05) is 5.69 Å². The summed E-state index contributed by atoms with van der Waals surface area (Å²) in [6.07, 6.45) is 0. The maximum atomic E-state index is 12.8. The highest BCUT2D eigenvalue weighted by atomic mass is 32.2. The molecule has 0 aliphatic carbocycles. The molecule has 3 aromatic carbocycles. The molecule has 0 heterocycles. The monoisotopic (exact) mass is 403 g/mol. The predicted molar refractivity (Wildman–Crippen MR) is 105 cm³/mol. The minimum absolute atomic E-state index is 0.0129. The van der Waals surface area contributed by atoms with Gasteiger partial charge >= 0.3 is 0 Å². The number of nitrogen functional groups attached to an aromatic ring is 1. The topological polar surface area (TPSA) is 132 Å². The number of primary sulfonamides is 1. The first-order valence-electron chi connectivity index (χ1n) is 7.77. The first-order valence-corrected chi connectivity index (χ1v) is 10.8. The van der Waals surface area contributed by atoms with Crippen molar-refractivity contribution in [1.29, 1.82) is 0 Å². The Bertz CT molecular complexity index is 1190. The standard InChI is InChI=1S/C18H17N3O4S2/c19-15-10-8-13(9-11-15)14-4-3-5-16(12-14)27(24,25)21-17-6-1-2-7-18(17)26(20,22)23/h1-12,21H,19H2,(H2,20,22,23). The van der Waals surface area contributed by atoms with Crippen LogP contribution in [0.2, 0.25) is 0 Å². The Hall–Kier alpha value is -2.88. The Morgan fingerprint density at radius 2 is 1.41 bits per heavy atom. The zero-order chi connectivity index (χ0) is 19.7. The Morgan fingerprint density at radius 3 is 2.07 bits per heavy atom. The minimum Gasteiger partial charge on any atom is -0.399 e. The SMILES string of the molecule is Nc1ccc(-c2cccc(S(=O)(=O)Nc3ccccc3S(N)(=O)=O)c2)cc1. The number of nitrogens with two attached hydrogens (primary N) is 2. The van der Waals surface area contributed by atoms with Gasteiger partial charge in [0.05, 0.1) is 10.6 Å². The molecule has 0 saturated heterocycles. The van der Waals surface area contributed by atoms with E-state index in [4.69, 9.17) is 10.9 Å². The lowest BCUT2D eigenvalue weighted by molar-refractivity contribution is 0.598. The van der Waals surface area contributed by atoms with E-state index in [1.165, 1.54) is 36.4 Å². The van der Waals surface area contributed by atoms with E-state index in [-0.39, 0.29) is 15.5 Å². The molecule has 7 nitrogen and oxygen atoms in total. The lowest BCUT2D eigenvalue weighted by Gasteiger charge is -2.12. The zero-order valence-corrected chi connectivity index (χ0v) is 15.7. The van der Waals surface area contributed by atoms with E-state index in [2.05, 4.69) is 4.72 Å². The van der Waals surface area contributed by atoms with E-state index in [9.17, 15) is 16.8 Å². The number of anilines is 2. The fourth-order valence-electron chi connectivity index (χ4n) is 2.52. The summed E-state index contributed by atoms with van der Waals surface area (Å²) in [7, 11) is -8.11. The molecule has 140 valence electrons. The third kappa shape index (κ3) is 4.27. The van der Waals surface area contributed by atoms with Crippen molar-refractivity contribution in [3.05, 3.63) is 72.8 Å². The van der Waals surface area contributed by atoms with Gasteiger partial charge in [-0.15, -0.1) is 0 Å². The molecule has 0 spiro atoms. The summed E-state index contributed by atoms with van der Waals surface area (Å²) in [6, 6.07) is 18.8. The van der Waals surface area contributed by atoms with Crippen molar-refractivity contribution in [2.45, 2.75) is 9.79 Å². The van der Waals surface area contributed by atoms with Crippen LogP contribution in [0.25, 0.3) is 11.1 Å². The van der Waals surface area contributed by atoms with Gasteiger partial charge < -0.3 is 5.73 Å². The Balaban J connectivity index is 2.00. The van der Waals surface area contributed by atoms with Crippen molar-refractivity contribution in [2.24, 2.45) is 5.14 Å². The summed E-state index contributed by atoms with van der Waals surface area (Å²) < 4.78 is 51.1. The van der Waals surface area contributed by atoms with Gasteiger partial charge in [-0.3, -0.25) is 4.72 Å². The molecule has 0 aliphatic rings. The molecule has 0 atom stereocenters. The van der Waals surface area contributed by atoms with Crippen molar-refractivity contribution in [3.63, 3.8) is 0 Å². The van der Waals surface area contributed by atoms with Crippen molar-refractivity contribution in [2.75, 3.05) is 10.5 Å². The van der Waals surface area contributed by atoms with E-state index >= 15 is 0 Å². The van der Waals surface area contributed by atoms with Crippen LogP contribution in [0.4, 0.5) is 11.4 Å². The normalized spacial score (nSPS) is 11.9. The molecule has 0 saturated carbocycles.